The smallest absolute Gasteiger partial charge is 0.193 e. The molecular formula is C15H18O3P+. The average Bonchev–Trinajstić information content (AvgIpc) is 2.46. The van der Waals surface area contributed by atoms with Gasteiger partial charge < -0.3 is 0 Å². The van der Waals surface area contributed by atoms with Gasteiger partial charge in [0.1, 0.15) is 19.9 Å². The van der Waals surface area contributed by atoms with Crippen molar-refractivity contribution in [2.24, 2.45) is 0 Å². The molecule has 2 aromatic rings. The van der Waals surface area contributed by atoms with Gasteiger partial charge in [0.15, 0.2) is 0 Å². The molecule has 0 aliphatic rings. The van der Waals surface area contributed by atoms with Gasteiger partial charge in [-0.2, -0.15) is 13.9 Å². The maximum atomic E-state index is 10.1. The van der Waals surface area contributed by atoms with E-state index in [-0.39, 0.29) is 0 Å². The highest BCUT2D eigenvalue weighted by molar-refractivity contribution is 7.59. The van der Waals surface area contributed by atoms with Crippen LogP contribution in [0.2, 0.25) is 0 Å². The maximum Gasteiger partial charge on any atom is 0.406 e. The van der Waals surface area contributed by atoms with E-state index in [0.717, 1.165) is 11.1 Å². The highest BCUT2D eigenvalue weighted by atomic mass is 31.2. The van der Waals surface area contributed by atoms with Crippen molar-refractivity contribution in [3.8, 4) is 0 Å². The summed E-state index contributed by atoms with van der Waals surface area (Å²) in [7, 11) is -2.77. The Hall–Kier alpha value is -1.25. The molecule has 0 aromatic heterocycles. The van der Waals surface area contributed by atoms with Gasteiger partial charge in [-0.3, -0.25) is 0 Å². The second-order valence-electron chi connectivity index (χ2n) is 4.32. The van der Waals surface area contributed by atoms with Crippen LogP contribution in [0, 0.1) is 0 Å². The standard InChI is InChI=1S/C15H18O3P/c1-19(16,17-12-14-8-4-2-5-9-14)18-13-15-10-6-3-7-11-15/h2-11,16H,12-13H2,1H3/q+1. The quantitative estimate of drug-likeness (QED) is 0.816. The zero-order valence-electron chi connectivity index (χ0n) is 10.9. The number of hydrogen-bond donors (Lipinski definition) is 1. The van der Waals surface area contributed by atoms with Crippen LogP contribution in [0.4, 0.5) is 0 Å². The molecule has 0 saturated heterocycles. The fraction of sp³-hybridized carbons (Fsp3) is 0.200. The van der Waals surface area contributed by atoms with Gasteiger partial charge in [-0.05, 0) is 11.1 Å². The van der Waals surface area contributed by atoms with Crippen molar-refractivity contribution in [2.45, 2.75) is 13.2 Å². The topological polar surface area (TPSA) is 38.7 Å². The van der Waals surface area contributed by atoms with E-state index < -0.39 is 7.94 Å². The summed E-state index contributed by atoms with van der Waals surface area (Å²) in [5.74, 6) is 0. The fourth-order valence-electron chi connectivity index (χ4n) is 1.57. The van der Waals surface area contributed by atoms with Gasteiger partial charge >= 0.3 is 7.94 Å². The van der Waals surface area contributed by atoms with Crippen LogP contribution in [0.5, 0.6) is 0 Å². The van der Waals surface area contributed by atoms with E-state index in [1.165, 1.54) is 0 Å². The Bertz CT molecular complexity index is 440. The van der Waals surface area contributed by atoms with Crippen LogP contribution in [-0.4, -0.2) is 11.6 Å². The molecule has 0 fully saturated rings. The van der Waals surface area contributed by atoms with Crippen LogP contribution >= 0.6 is 7.94 Å². The molecule has 0 saturated carbocycles. The predicted octanol–water partition coefficient (Wildman–Crippen LogP) is 3.80. The van der Waals surface area contributed by atoms with Gasteiger partial charge in [-0.15, -0.1) is 0 Å². The molecule has 0 radical (unpaired) electrons. The van der Waals surface area contributed by atoms with Gasteiger partial charge in [-0.25, -0.2) is 0 Å². The summed E-state index contributed by atoms with van der Waals surface area (Å²) in [6, 6.07) is 19.5. The Morgan fingerprint density at radius 1 is 0.789 bits per heavy atom. The van der Waals surface area contributed by atoms with Crippen molar-refractivity contribution < 1.29 is 13.9 Å². The highest BCUT2D eigenvalue weighted by Gasteiger charge is 2.33. The third-order valence-corrected chi connectivity index (χ3v) is 3.84. The second-order valence-corrected chi connectivity index (χ2v) is 6.44. The molecule has 0 aliphatic carbocycles. The van der Waals surface area contributed by atoms with E-state index in [9.17, 15) is 4.89 Å². The summed E-state index contributed by atoms with van der Waals surface area (Å²) in [5, 5.41) is 0. The zero-order valence-corrected chi connectivity index (χ0v) is 11.8. The fourth-order valence-corrected chi connectivity index (χ4v) is 2.43. The lowest BCUT2D eigenvalue weighted by atomic mass is 10.2. The van der Waals surface area contributed by atoms with Crippen molar-refractivity contribution in [2.75, 3.05) is 6.66 Å². The molecule has 2 rings (SSSR count). The molecule has 100 valence electrons. The summed E-state index contributed by atoms with van der Waals surface area (Å²) in [6.07, 6.45) is 0. The largest absolute Gasteiger partial charge is 0.406 e. The summed E-state index contributed by atoms with van der Waals surface area (Å²) in [4.78, 5) is 10.1. The first-order valence-corrected chi connectivity index (χ1v) is 8.14. The lowest BCUT2D eigenvalue weighted by Crippen LogP contribution is -2.02. The lowest BCUT2D eigenvalue weighted by molar-refractivity contribution is 0.167. The first kappa shape index (κ1) is 14.2. The van der Waals surface area contributed by atoms with Crippen LogP contribution in [0.1, 0.15) is 11.1 Å². The van der Waals surface area contributed by atoms with Crippen molar-refractivity contribution in [3.63, 3.8) is 0 Å². The van der Waals surface area contributed by atoms with E-state index in [4.69, 9.17) is 9.05 Å². The van der Waals surface area contributed by atoms with E-state index in [1.54, 1.807) is 6.66 Å². The molecule has 0 amide bonds. The van der Waals surface area contributed by atoms with Crippen molar-refractivity contribution >= 4 is 7.94 Å². The van der Waals surface area contributed by atoms with Crippen LogP contribution in [0.3, 0.4) is 0 Å². The molecule has 2 aromatic carbocycles. The number of hydrogen-bond acceptors (Lipinski definition) is 3. The molecule has 0 aliphatic heterocycles. The zero-order chi connectivity index (χ0) is 13.6. The molecule has 0 unspecified atom stereocenters. The molecule has 0 heterocycles. The summed E-state index contributed by atoms with van der Waals surface area (Å²) in [5.41, 5.74) is 2.04. The minimum Gasteiger partial charge on any atom is -0.193 e. The summed E-state index contributed by atoms with van der Waals surface area (Å²) in [6.45, 7) is 2.33. The Morgan fingerprint density at radius 2 is 1.16 bits per heavy atom. The number of rotatable bonds is 6. The SMILES string of the molecule is C[P+](O)(OCc1ccccc1)OCc1ccccc1. The summed E-state index contributed by atoms with van der Waals surface area (Å²) < 4.78 is 11.0. The Labute approximate surface area is 114 Å². The minimum absolute atomic E-state index is 0.358. The van der Waals surface area contributed by atoms with Gasteiger partial charge in [0.2, 0.25) is 0 Å². The Balaban J connectivity index is 1.82. The molecule has 19 heavy (non-hydrogen) atoms. The first-order valence-electron chi connectivity index (χ1n) is 6.12. The van der Waals surface area contributed by atoms with Crippen LogP contribution in [0.25, 0.3) is 0 Å². The molecule has 0 atom stereocenters. The van der Waals surface area contributed by atoms with Crippen molar-refractivity contribution in [1.29, 1.82) is 0 Å². The molecule has 0 bridgehead atoms. The normalized spacial score (nSPS) is 11.5. The van der Waals surface area contributed by atoms with Crippen molar-refractivity contribution in [1.82, 2.24) is 0 Å². The Kier molecular flexibility index (Phi) is 5.06. The van der Waals surface area contributed by atoms with Gasteiger partial charge in [0.05, 0.1) is 0 Å². The first-order chi connectivity index (χ1) is 9.16. The third kappa shape index (κ3) is 5.09. The van der Waals surface area contributed by atoms with Crippen LogP contribution in [0.15, 0.2) is 60.7 Å². The molecule has 1 N–H and O–H groups in total. The van der Waals surface area contributed by atoms with Crippen molar-refractivity contribution in [3.05, 3.63) is 71.8 Å². The Morgan fingerprint density at radius 3 is 1.53 bits per heavy atom. The second kappa shape index (κ2) is 6.78. The number of benzene rings is 2. The van der Waals surface area contributed by atoms with E-state index >= 15 is 0 Å². The van der Waals surface area contributed by atoms with Crippen LogP contribution in [-0.2, 0) is 22.3 Å². The minimum atomic E-state index is -2.77. The monoisotopic (exact) mass is 277 g/mol. The third-order valence-electron chi connectivity index (χ3n) is 2.63. The molecular weight excluding hydrogens is 259 g/mol. The van der Waals surface area contributed by atoms with Crippen LogP contribution < -0.4 is 0 Å². The average molecular weight is 277 g/mol. The molecule has 4 heteroatoms. The van der Waals surface area contributed by atoms with E-state index in [1.807, 2.05) is 60.7 Å². The van der Waals surface area contributed by atoms with Gasteiger partial charge in [0.25, 0.3) is 0 Å². The lowest BCUT2D eigenvalue weighted by Gasteiger charge is -2.13. The molecule has 0 spiro atoms. The maximum absolute atomic E-state index is 10.1. The molecule has 3 nitrogen and oxygen atoms in total. The van der Waals surface area contributed by atoms with E-state index in [0.29, 0.717) is 13.2 Å². The van der Waals surface area contributed by atoms with Gasteiger partial charge in [-0.1, -0.05) is 60.7 Å². The summed E-state index contributed by atoms with van der Waals surface area (Å²) >= 11 is 0. The highest BCUT2D eigenvalue weighted by Crippen LogP contribution is 2.54. The predicted molar refractivity (Wildman–Crippen MR) is 77.5 cm³/mol. The van der Waals surface area contributed by atoms with E-state index in [2.05, 4.69) is 0 Å². The van der Waals surface area contributed by atoms with Gasteiger partial charge in [0, 0.05) is 0 Å².